The van der Waals surface area contributed by atoms with E-state index in [1.54, 1.807) is 0 Å². The highest BCUT2D eigenvalue weighted by atomic mass is 19.1. The summed E-state index contributed by atoms with van der Waals surface area (Å²) in [6, 6.07) is 3.20. The number of benzene rings is 1. The summed E-state index contributed by atoms with van der Waals surface area (Å²) in [6.45, 7) is 2.49. The van der Waals surface area contributed by atoms with Crippen LogP contribution in [0.5, 0.6) is 0 Å². The molecule has 1 aromatic carbocycles. The molecule has 1 aromatic rings. The van der Waals surface area contributed by atoms with Crippen molar-refractivity contribution in [2.75, 3.05) is 13.2 Å². The van der Waals surface area contributed by atoms with E-state index in [9.17, 15) is 18.4 Å². The molecule has 0 saturated carbocycles. The third-order valence-electron chi connectivity index (χ3n) is 3.57. The van der Waals surface area contributed by atoms with Crippen molar-refractivity contribution in [1.29, 1.82) is 0 Å². The highest BCUT2D eigenvalue weighted by molar-refractivity contribution is 5.94. The Morgan fingerprint density at radius 2 is 1.67 bits per heavy atom. The molecular formula is C18H25F2NO3. The van der Waals surface area contributed by atoms with E-state index < -0.39 is 29.1 Å². The first-order valence-corrected chi connectivity index (χ1v) is 8.44. The maximum Gasteiger partial charge on any atom is 0.307 e. The van der Waals surface area contributed by atoms with Crippen LogP contribution in [0.4, 0.5) is 8.78 Å². The molecule has 24 heavy (non-hydrogen) atoms. The molecule has 0 radical (unpaired) electrons. The van der Waals surface area contributed by atoms with Crippen molar-refractivity contribution < 1.29 is 23.1 Å². The average molecular weight is 341 g/mol. The number of carbonyl (C=O) groups excluding carboxylic acids is 2. The normalized spacial score (nSPS) is 10.5. The third kappa shape index (κ3) is 7.53. The molecule has 0 aromatic heterocycles. The van der Waals surface area contributed by atoms with Gasteiger partial charge in [-0.3, -0.25) is 9.59 Å². The molecule has 1 rings (SSSR count). The minimum atomic E-state index is -0.932. The first kappa shape index (κ1) is 20.1. The topological polar surface area (TPSA) is 55.4 Å². The molecule has 0 spiro atoms. The number of esters is 1. The molecule has 0 aliphatic carbocycles. The molecule has 0 aliphatic rings. The van der Waals surface area contributed by atoms with E-state index in [1.807, 2.05) is 0 Å². The van der Waals surface area contributed by atoms with Crippen LogP contribution in [0.25, 0.3) is 0 Å². The van der Waals surface area contributed by atoms with Gasteiger partial charge in [0.1, 0.15) is 17.2 Å². The van der Waals surface area contributed by atoms with Crippen LogP contribution >= 0.6 is 0 Å². The summed E-state index contributed by atoms with van der Waals surface area (Å²) in [5.74, 6) is -3.18. The van der Waals surface area contributed by atoms with Crippen molar-refractivity contribution >= 4 is 11.9 Å². The molecule has 0 aliphatic heterocycles. The van der Waals surface area contributed by atoms with Gasteiger partial charge in [-0.1, -0.05) is 45.1 Å². The van der Waals surface area contributed by atoms with Gasteiger partial charge < -0.3 is 10.1 Å². The number of unbranched alkanes of at least 4 members (excludes halogenated alkanes) is 5. The van der Waals surface area contributed by atoms with E-state index in [2.05, 4.69) is 12.2 Å². The third-order valence-corrected chi connectivity index (χ3v) is 3.57. The maximum atomic E-state index is 13.4. The van der Waals surface area contributed by atoms with Crippen molar-refractivity contribution in [2.45, 2.75) is 51.9 Å². The van der Waals surface area contributed by atoms with Gasteiger partial charge in [0.25, 0.3) is 5.91 Å². The number of nitrogens with one attached hydrogen (secondary N) is 1. The molecule has 1 N–H and O–H groups in total. The van der Waals surface area contributed by atoms with Gasteiger partial charge in [-0.2, -0.15) is 0 Å². The summed E-state index contributed by atoms with van der Waals surface area (Å²) in [4.78, 5) is 23.2. The van der Waals surface area contributed by atoms with Gasteiger partial charge in [0.05, 0.1) is 13.0 Å². The second-order valence-corrected chi connectivity index (χ2v) is 5.59. The fraction of sp³-hybridized carbons (Fsp3) is 0.556. The van der Waals surface area contributed by atoms with E-state index in [1.165, 1.54) is 25.3 Å². The monoisotopic (exact) mass is 341 g/mol. The Labute approximate surface area is 141 Å². The summed E-state index contributed by atoms with van der Waals surface area (Å²) in [7, 11) is 0. The molecule has 6 heteroatoms. The standard InChI is InChI=1S/C18H25F2NO3/c1-2-3-4-5-6-7-13-24-16(22)11-12-21-18(23)17-14(19)9-8-10-15(17)20/h8-10H,2-7,11-13H2,1H3,(H,21,23). The molecule has 0 unspecified atom stereocenters. The summed E-state index contributed by atoms with van der Waals surface area (Å²) < 4.78 is 31.9. The van der Waals surface area contributed by atoms with Crippen LogP contribution in [0.2, 0.25) is 0 Å². The lowest BCUT2D eigenvalue weighted by Gasteiger charge is -2.07. The zero-order valence-corrected chi connectivity index (χ0v) is 14.1. The van der Waals surface area contributed by atoms with E-state index in [0.29, 0.717) is 6.61 Å². The lowest BCUT2D eigenvalue weighted by Crippen LogP contribution is -2.28. The van der Waals surface area contributed by atoms with Gasteiger partial charge in [-0.25, -0.2) is 8.78 Å². The molecule has 0 bridgehead atoms. The fourth-order valence-corrected chi connectivity index (χ4v) is 2.22. The average Bonchev–Trinajstić information content (AvgIpc) is 2.54. The Balaban J connectivity index is 2.16. The Bertz CT molecular complexity index is 515. The second-order valence-electron chi connectivity index (χ2n) is 5.59. The zero-order valence-electron chi connectivity index (χ0n) is 14.1. The first-order valence-electron chi connectivity index (χ1n) is 8.44. The minimum Gasteiger partial charge on any atom is -0.466 e. The van der Waals surface area contributed by atoms with Gasteiger partial charge in [0, 0.05) is 6.54 Å². The summed E-state index contributed by atoms with van der Waals surface area (Å²) >= 11 is 0. The molecule has 4 nitrogen and oxygen atoms in total. The quantitative estimate of drug-likeness (QED) is 0.489. The predicted octanol–water partition coefficient (Wildman–Crippen LogP) is 3.99. The molecular weight excluding hydrogens is 316 g/mol. The largest absolute Gasteiger partial charge is 0.466 e. The van der Waals surface area contributed by atoms with Crippen molar-refractivity contribution in [3.8, 4) is 0 Å². The molecule has 134 valence electrons. The van der Waals surface area contributed by atoms with Gasteiger partial charge in [0.2, 0.25) is 0 Å². The van der Waals surface area contributed by atoms with Gasteiger partial charge in [-0.15, -0.1) is 0 Å². The minimum absolute atomic E-state index is 0.0259. The first-order chi connectivity index (χ1) is 11.6. The molecule has 0 heterocycles. The molecule has 0 fully saturated rings. The summed E-state index contributed by atoms with van der Waals surface area (Å²) in [6.07, 6.45) is 6.56. The van der Waals surface area contributed by atoms with E-state index in [4.69, 9.17) is 4.74 Å². The Morgan fingerprint density at radius 1 is 1.04 bits per heavy atom. The van der Waals surface area contributed by atoms with Crippen LogP contribution in [0.15, 0.2) is 18.2 Å². The lowest BCUT2D eigenvalue weighted by molar-refractivity contribution is -0.143. The summed E-state index contributed by atoms with van der Waals surface area (Å²) in [5, 5.41) is 2.32. The highest BCUT2D eigenvalue weighted by Gasteiger charge is 2.16. The van der Waals surface area contributed by atoms with Crippen LogP contribution in [0.1, 0.15) is 62.2 Å². The zero-order chi connectivity index (χ0) is 17.8. The highest BCUT2D eigenvalue weighted by Crippen LogP contribution is 2.11. The van der Waals surface area contributed by atoms with E-state index >= 15 is 0 Å². The molecule has 0 atom stereocenters. The number of rotatable bonds is 11. The summed E-state index contributed by atoms with van der Waals surface area (Å²) in [5.41, 5.74) is -0.641. The smallest absolute Gasteiger partial charge is 0.307 e. The maximum absolute atomic E-state index is 13.4. The lowest BCUT2D eigenvalue weighted by atomic mass is 10.1. The Kier molecular flexibility index (Phi) is 9.65. The number of hydrogen-bond donors (Lipinski definition) is 1. The van der Waals surface area contributed by atoms with Crippen molar-refractivity contribution in [2.24, 2.45) is 0 Å². The number of ether oxygens (including phenoxy) is 1. The van der Waals surface area contributed by atoms with Crippen molar-refractivity contribution in [1.82, 2.24) is 5.32 Å². The van der Waals surface area contributed by atoms with Crippen molar-refractivity contribution in [3.05, 3.63) is 35.4 Å². The van der Waals surface area contributed by atoms with Gasteiger partial charge >= 0.3 is 5.97 Å². The van der Waals surface area contributed by atoms with E-state index in [-0.39, 0.29) is 13.0 Å². The number of amides is 1. The van der Waals surface area contributed by atoms with Crippen LogP contribution in [0.3, 0.4) is 0 Å². The Hall–Kier alpha value is -1.98. The van der Waals surface area contributed by atoms with Crippen LogP contribution in [0, 0.1) is 11.6 Å². The second kappa shape index (κ2) is 11.5. The number of halogens is 2. The molecule has 1 amide bonds. The Morgan fingerprint density at radius 3 is 2.33 bits per heavy atom. The fourth-order valence-electron chi connectivity index (χ4n) is 2.22. The molecule has 0 saturated heterocycles. The van der Waals surface area contributed by atoms with E-state index in [0.717, 1.165) is 31.4 Å². The number of hydrogen-bond acceptors (Lipinski definition) is 3. The SMILES string of the molecule is CCCCCCCCOC(=O)CCNC(=O)c1c(F)cccc1F. The van der Waals surface area contributed by atoms with Gasteiger partial charge in [0.15, 0.2) is 0 Å². The predicted molar refractivity (Wildman–Crippen MR) is 87.6 cm³/mol. The van der Waals surface area contributed by atoms with Crippen LogP contribution < -0.4 is 5.32 Å². The van der Waals surface area contributed by atoms with Crippen LogP contribution in [-0.4, -0.2) is 25.0 Å². The van der Waals surface area contributed by atoms with Crippen molar-refractivity contribution in [3.63, 3.8) is 0 Å². The van der Waals surface area contributed by atoms with Gasteiger partial charge in [-0.05, 0) is 18.6 Å². The van der Waals surface area contributed by atoms with Crippen LogP contribution in [-0.2, 0) is 9.53 Å². The number of carbonyl (C=O) groups is 2.